The molecule has 0 bridgehead atoms. The molecule has 1 aromatic heterocycles. The van der Waals surface area contributed by atoms with E-state index in [9.17, 15) is 35.4 Å². The van der Waals surface area contributed by atoms with Gasteiger partial charge < -0.3 is 39.8 Å². The van der Waals surface area contributed by atoms with Crippen molar-refractivity contribution in [2.75, 3.05) is 19.7 Å². The molecular formula is C27H31NO9. The Morgan fingerprint density at radius 3 is 2.38 bits per heavy atom. The Kier molecular flexibility index (Phi) is 7.21. The fraction of sp³-hybridized carbons (Fsp3) is 0.444. The third-order valence-corrected chi connectivity index (χ3v) is 7.37. The molecule has 0 aliphatic carbocycles. The van der Waals surface area contributed by atoms with Crippen LogP contribution in [0, 0.1) is 0 Å². The summed E-state index contributed by atoms with van der Waals surface area (Å²) in [6.07, 6.45) is -2.80. The molecule has 0 amide bonds. The summed E-state index contributed by atoms with van der Waals surface area (Å²) in [5.74, 6) is -0.199. The number of likely N-dealkylation sites (tertiary alicyclic amines) is 1. The van der Waals surface area contributed by atoms with Crippen molar-refractivity contribution >= 4 is 11.0 Å². The van der Waals surface area contributed by atoms with Gasteiger partial charge in [0.05, 0.1) is 23.1 Å². The van der Waals surface area contributed by atoms with Crippen LogP contribution in [0.15, 0.2) is 45.8 Å². The van der Waals surface area contributed by atoms with E-state index in [2.05, 4.69) is 4.90 Å². The molecule has 2 saturated heterocycles. The van der Waals surface area contributed by atoms with Gasteiger partial charge in [0, 0.05) is 12.1 Å². The number of nitrogens with zero attached hydrogens (tertiary/aromatic N) is 1. The molecule has 3 heterocycles. The van der Waals surface area contributed by atoms with Gasteiger partial charge in [0.15, 0.2) is 0 Å². The number of benzene rings is 2. The third-order valence-electron chi connectivity index (χ3n) is 7.37. The second-order valence-corrected chi connectivity index (χ2v) is 9.78. The second-order valence-electron chi connectivity index (χ2n) is 9.78. The molecule has 37 heavy (non-hydrogen) atoms. The zero-order valence-electron chi connectivity index (χ0n) is 20.2. The summed E-state index contributed by atoms with van der Waals surface area (Å²) < 4.78 is 11.4. The van der Waals surface area contributed by atoms with E-state index in [-0.39, 0.29) is 33.6 Å². The minimum atomic E-state index is -1.66. The molecule has 5 atom stereocenters. The summed E-state index contributed by atoms with van der Waals surface area (Å²) in [5.41, 5.74) is 0.981. The van der Waals surface area contributed by atoms with Gasteiger partial charge >= 0.3 is 0 Å². The molecule has 198 valence electrons. The van der Waals surface area contributed by atoms with Crippen LogP contribution in [-0.4, -0.2) is 79.7 Å². The Labute approximate surface area is 212 Å². The van der Waals surface area contributed by atoms with Crippen LogP contribution >= 0.6 is 0 Å². The summed E-state index contributed by atoms with van der Waals surface area (Å²) in [4.78, 5) is 15.8. The van der Waals surface area contributed by atoms with Crippen molar-refractivity contribution in [2.24, 2.45) is 0 Å². The Morgan fingerprint density at radius 2 is 1.65 bits per heavy atom. The molecule has 5 rings (SSSR count). The first-order valence-corrected chi connectivity index (χ1v) is 12.4. The molecular weight excluding hydrogens is 482 g/mol. The van der Waals surface area contributed by atoms with E-state index < -0.39 is 42.6 Å². The summed E-state index contributed by atoms with van der Waals surface area (Å²) in [7, 11) is 0. The highest BCUT2D eigenvalue weighted by atomic mass is 16.5. The van der Waals surface area contributed by atoms with Crippen LogP contribution < -0.4 is 5.43 Å². The summed E-state index contributed by atoms with van der Waals surface area (Å²) in [6, 6.07) is 7.60. The SMILES string of the molecule is O=c1c(-c2ccc(O)c(CN3CCCCC3)c2)coc2c([C@@H]3O[C@H](CO)[C@@H](O)[C@H](O)[C@H]3O)c(O)ccc12. The number of piperidine rings is 1. The predicted octanol–water partition coefficient (Wildman–Crippen LogP) is 1.37. The third kappa shape index (κ3) is 4.72. The highest BCUT2D eigenvalue weighted by molar-refractivity contribution is 5.86. The molecule has 2 aromatic carbocycles. The quantitative estimate of drug-likeness (QED) is 0.294. The van der Waals surface area contributed by atoms with E-state index in [1.807, 2.05) is 0 Å². The fourth-order valence-electron chi connectivity index (χ4n) is 5.26. The van der Waals surface area contributed by atoms with E-state index in [4.69, 9.17) is 9.15 Å². The van der Waals surface area contributed by atoms with Gasteiger partial charge in [-0.2, -0.15) is 0 Å². The summed E-state index contributed by atoms with van der Waals surface area (Å²) in [5, 5.41) is 61.6. The number of aromatic hydroxyl groups is 2. The van der Waals surface area contributed by atoms with Crippen molar-refractivity contribution in [2.45, 2.75) is 56.3 Å². The average molecular weight is 514 g/mol. The van der Waals surface area contributed by atoms with Gasteiger partial charge in [-0.1, -0.05) is 12.5 Å². The molecule has 2 fully saturated rings. The Balaban J connectivity index is 1.55. The molecule has 10 nitrogen and oxygen atoms in total. The predicted molar refractivity (Wildman–Crippen MR) is 133 cm³/mol. The second kappa shape index (κ2) is 10.4. The maximum Gasteiger partial charge on any atom is 0.200 e. The fourth-order valence-corrected chi connectivity index (χ4v) is 5.26. The number of ether oxygens (including phenoxy) is 1. The molecule has 0 unspecified atom stereocenters. The van der Waals surface area contributed by atoms with Gasteiger partial charge in [0.2, 0.25) is 5.43 Å². The molecule has 10 heteroatoms. The molecule has 0 radical (unpaired) electrons. The average Bonchev–Trinajstić information content (AvgIpc) is 2.90. The molecule has 3 aromatic rings. The van der Waals surface area contributed by atoms with Crippen LogP contribution in [0.25, 0.3) is 22.1 Å². The number of fused-ring (bicyclic) bond motifs is 1. The molecule has 6 N–H and O–H groups in total. The van der Waals surface area contributed by atoms with E-state index in [1.165, 1.54) is 24.8 Å². The van der Waals surface area contributed by atoms with Crippen molar-refractivity contribution < 1.29 is 39.8 Å². The highest BCUT2D eigenvalue weighted by Gasteiger charge is 2.45. The normalized spacial score (nSPS) is 27.0. The summed E-state index contributed by atoms with van der Waals surface area (Å²) in [6.45, 7) is 1.83. The molecule has 0 saturated carbocycles. The van der Waals surface area contributed by atoms with E-state index >= 15 is 0 Å². The lowest BCUT2D eigenvalue weighted by Gasteiger charge is -2.40. The monoisotopic (exact) mass is 513 g/mol. The van der Waals surface area contributed by atoms with E-state index in [0.29, 0.717) is 17.7 Å². The Bertz CT molecular complexity index is 1330. The van der Waals surface area contributed by atoms with Crippen LogP contribution in [0.1, 0.15) is 36.5 Å². The van der Waals surface area contributed by atoms with Crippen molar-refractivity contribution in [1.82, 2.24) is 4.90 Å². The zero-order chi connectivity index (χ0) is 26.3. The van der Waals surface area contributed by atoms with Crippen LogP contribution in [0.5, 0.6) is 11.5 Å². The van der Waals surface area contributed by atoms with E-state index in [1.54, 1.807) is 18.2 Å². The number of hydrogen-bond donors (Lipinski definition) is 6. The Hall–Kier alpha value is -2.99. The molecule has 2 aliphatic heterocycles. The standard InChI is InChI=1S/C27H31NO9/c29-12-20-23(33)24(34)25(35)27(37-20)21-19(31)7-5-16-22(32)17(13-36-26(16)21)14-4-6-18(30)15(10-14)11-28-8-2-1-3-9-28/h4-7,10,13,20,23-25,27,29-31,33-35H,1-3,8-9,11-12H2/t20-,23-,24+,25-,27+/m1/s1. The van der Waals surface area contributed by atoms with Crippen molar-refractivity contribution in [3.8, 4) is 22.6 Å². The smallest absolute Gasteiger partial charge is 0.200 e. The zero-order valence-corrected chi connectivity index (χ0v) is 20.2. The number of phenolic OH excluding ortho intramolecular Hbond substituents is 2. The first-order valence-electron chi connectivity index (χ1n) is 12.4. The van der Waals surface area contributed by atoms with Gasteiger partial charge in [-0.3, -0.25) is 9.69 Å². The van der Waals surface area contributed by atoms with Gasteiger partial charge in [-0.25, -0.2) is 0 Å². The Morgan fingerprint density at radius 1 is 0.919 bits per heavy atom. The highest BCUT2D eigenvalue weighted by Crippen LogP contribution is 2.40. The number of rotatable bonds is 5. The van der Waals surface area contributed by atoms with Crippen molar-refractivity contribution in [3.05, 3.63) is 57.9 Å². The molecule has 0 spiro atoms. The van der Waals surface area contributed by atoms with Gasteiger partial charge in [-0.15, -0.1) is 0 Å². The van der Waals surface area contributed by atoms with Gasteiger partial charge in [0.25, 0.3) is 0 Å². The van der Waals surface area contributed by atoms with E-state index in [0.717, 1.165) is 25.9 Å². The minimum Gasteiger partial charge on any atom is -0.508 e. The lowest BCUT2D eigenvalue weighted by atomic mass is 9.89. The maximum absolute atomic E-state index is 13.5. The lowest BCUT2D eigenvalue weighted by Crippen LogP contribution is -2.55. The largest absolute Gasteiger partial charge is 0.508 e. The number of phenols is 2. The maximum atomic E-state index is 13.5. The van der Waals surface area contributed by atoms with Gasteiger partial charge in [-0.05, 0) is 55.8 Å². The van der Waals surface area contributed by atoms with Crippen LogP contribution in [0.3, 0.4) is 0 Å². The number of hydrogen-bond acceptors (Lipinski definition) is 10. The minimum absolute atomic E-state index is 0.0506. The van der Waals surface area contributed by atoms with Crippen LogP contribution in [0.4, 0.5) is 0 Å². The number of aliphatic hydroxyl groups excluding tert-OH is 4. The topological polar surface area (TPSA) is 164 Å². The van der Waals surface area contributed by atoms with Gasteiger partial charge in [0.1, 0.15) is 53.9 Å². The van der Waals surface area contributed by atoms with Crippen LogP contribution in [0.2, 0.25) is 0 Å². The first kappa shape index (κ1) is 25.7. The lowest BCUT2D eigenvalue weighted by molar-refractivity contribution is -0.231. The van der Waals surface area contributed by atoms with Crippen molar-refractivity contribution in [3.63, 3.8) is 0 Å². The first-order chi connectivity index (χ1) is 17.8. The summed E-state index contributed by atoms with van der Waals surface area (Å²) >= 11 is 0. The number of aliphatic hydroxyl groups is 4. The molecule has 2 aliphatic rings. The van der Waals surface area contributed by atoms with Crippen LogP contribution in [-0.2, 0) is 11.3 Å². The van der Waals surface area contributed by atoms with Crippen molar-refractivity contribution in [1.29, 1.82) is 0 Å².